The summed E-state index contributed by atoms with van der Waals surface area (Å²) in [6.07, 6.45) is 6.02. The summed E-state index contributed by atoms with van der Waals surface area (Å²) >= 11 is 0. The Morgan fingerprint density at radius 2 is 1.56 bits per heavy atom. The lowest BCUT2D eigenvalue weighted by molar-refractivity contribution is -0.142. The molecule has 1 saturated carbocycles. The number of carbonyl (C=O) groups is 2. The molecule has 148 valence electrons. The molecule has 5 heteroatoms. The first-order chi connectivity index (χ1) is 13.0. The van der Waals surface area contributed by atoms with Crippen molar-refractivity contribution in [2.75, 3.05) is 33.3 Å². The van der Waals surface area contributed by atoms with Crippen LogP contribution >= 0.6 is 0 Å². The molecule has 1 aliphatic carbocycles. The van der Waals surface area contributed by atoms with Crippen molar-refractivity contribution in [1.29, 1.82) is 0 Å². The van der Waals surface area contributed by atoms with E-state index in [1.807, 2.05) is 22.8 Å². The van der Waals surface area contributed by atoms with Gasteiger partial charge in [-0.05, 0) is 43.9 Å². The summed E-state index contributed by atoms with van der Waals surface area (Å²) < 4.78 is 5.46. The molecule has 0 unspecified atom stereocenters. The lowest BCUT2D eigenvalue weighted by Crippen LogP contribution is -2.52. The van der Waals surface area contributed by atoms with Crippen molar-refractivity contribution >= 4 is 11.8 Å². The number of hydrogen-bond donors (Lipinski definition) is 0. The maximum Gasteiger partial charge on any atom is 0.227 e. The molecule has 0 bridgehead atoms. The normalized spacial score (nSPS) is 18.5. The summed E-state index contributed by atoms with van der Waals surface area (Å²) in [5.74, 6) is 1.40. The van der Waals surface area contributed by atoms with Gasteiger partial charge in [0, 0.05) is 37.7 Å². The van der Waals surface area contributed by atoms with Gasteiger partial charge in [-0.25, -0.2) is 0 Å². The lowest BCUT2D eigenvalue weighted by Gasteiger charge is -2.37. The third-order valence-electron chi connectivity index (χ3n) is 6.14. The molecule has 2 fully saturated rings. The molecule has 27 heavy (non-hydrogen) atoms. The zero-order valence-corrected chi connectivity index (χ0v) is 16.9. The van der Waals surface area contributed by atoms with Crippen LogP contribution in [0, 0.1) is 19.8 Å². The molecule has 1 aromatic carbocycles. The fraction of sp³-hybridized carbons (Fsp3) is 0.636. The smallest absolute Gasteiger partial charge is 0.227 e. The van der Waals surface area contributed by atoms with Gasteiger partial charge in [-0.2, -0.15) is 0 Å². The van der Waals surface area contributed by atoms with E-state index >= 15 is 0 Å². The number of rotatable bonds is 4. The van der Waals surface area contributed by atoms with Gasteiger partial charge in [0.15, 0.2) is 0 Å². The first-order valence-corrected chi connectivity index (χ1v) is 10.2. The van der Waals surface area contributed by atoms with E-state index in [1.165, 1.54) is 24.8 Å². The number of carbonyl (C=O) groups excluding carboxylic acids is 2. The molecule has 1 saturated heterocycles. The van der Waals surface area contributed by atoms with Gasteiger partial charge in [-0.3, -0.25) is 9.59 Å². The Morgan fingerprint density at radius 1 is 0.963 bits per heavy atom. The average molecular weight is 373 g/mol. The van der Waals surface area contributed by atoms with Crippen LogP contribution < -0.4 is 4.74 Å². The Labute approximate surface area is 162 Å². The lowest BCUT2D eigenvalue weighted by atomic mass is 9.88. The largest absolute Gasteiger partial charge is 0.496 e. The highest BCUT2D eigenvalue weighted by atomic mass is 16.5. The molecule has 0 atom stereocenters. The number of hydrogen-bond acceptors (Lipinski definition) is 3. The second-order valence-corrected chi connectivity index (χ2v) is 7.97. The van der Waals surface area contributed by atoms with Gasteiger partial charge in [-0.1, -0.05) is 25.3 Å². The third kappa shape index (κ3) is 4.63. The van der Waals surface area contributed by atoms with Crippen LogP contribution in [0.3, 0.4) is 0 Å². The zero-order chi connectivity index (χ0) is 19.4. The summed E-state index contributed by atoms with van der Waals surface area (Å²) in [6.45, 7) is 6.68. The Bertz CT molecular complexity index is 687. The third-order valence-corrected chi connectivity index (χ3v) is 6.14. The van der Waals surface area contributed by atoms with Crippen molar-refractivity contribution in [2.45, 2.75) is 52.4 Å². The molecule has 0 aromatic heterocycles. The molecule has 2 amide bonds. The number of aryl methyl sites for hydroxylation is 2. The molecule has 5 nitrogen and oxygen atoms in total. The number of benzene rings is 1. The molecule has 0 N–H and O–H groups in total. The highest BCUT2D eigenvalue weighted by Gasteiger charge is 2.29. The summed E-state index contributed by atoms with van der Waals surface area (Å²) in [5.41, 5.74) is 3.27. The molecule has 0 spiro atoms. The van der Waals surface area contributed by atoms with E-state index in [4.69, 9.17) is 4.74 Å². The first kappa shape index (κ1) is 19.7. The highest BCUT2D eigenvalue weighted by molar-refractivity contribution is 5.81. The number of methoxy groups -OCH3 is 1. The van der Waals surface area contributed by atoms with Gasteiger partial charge in [0.25, 0.3) is 0 Å². The zero-order valence-electron chi connectivity index (χ0n) is 16.9. The van der Waals surface area contributed by atoms with Crippen molar-refractivity contribution in [3.05, 3.63) is 28.8 Å². The second-order valence-electron chi connectivity index (χ2n) is 7.97. The van der Waals surface area contributed by atoms with Crippen LogP contribution in [0.2, 0.25) is 0 Å². The van der Waals surface area contributed by atoms with E-state index in [1.54, 1.807) is 7.11 Å². The molecular weight excluding hydrogens is 340 g/mol. The first-order valence-electron chi connectivity index (χ1n) is 10.2. The van der Waals surface area contributed by atoms with Crippen molar-refractivity contribution in [2.24, 2.45) is 5.92 Å². The van der Waals surface area contributed by atoms with Crippen LogP contribution in [0.25, 0.3) is 0 Å². The predicted molar refractivity (Wildman–Crippen MR) is 106 cm³/mol. The number of piperazine rings is 1. The fourth-order valence-corrected chi connectivity index (χ4v) is 4.24. The van der Waals surface area contributed by atoms with Gasteiger partial charge < -0.3 is 14.5 Å². The van der Waals surface area contributed by atoms with Crippen molar-refractivity contribution in [1.82, 2.24) is 9.80 Å². The van der Waals surface area contributed by atoms with Crippen LogP contribution in [0.15, 0.2) is 12.1 Å². The van der Waals surface area contributed by atoms with Crippen molar-refractivity contribution < 1.29 is 14.3 Å². The van der Waals surface area contributed by atoms with E-state index in [2.05, 4.69) is 13.0 Å². The minimum atomic E-state index is 0.112. The highest BCUT2D eigenvalue weighted by Crippen LogP contribution is 2.26. The molecule has 3 rings (SSSR count). The van der Waals surface area contributed by atoms with Gasteiger partial charge in [0.1, 0.15) is 5.75 Å². The molecule has 0 radical (unpaired) electrons. The van der Waals surface area contributed by atoms with Gasteiger partial charge in [-0.15, -0.1) is 0 Å². The van der Waals surface area contributed by atoms with Crippen molar-refractivity contribution in [3.63, 3.8) is 0 Å². The number of ether oxygens (including phenoxy) is 1. The van der Waals surface area contributed by atoms with E-state index < -0.39 is 0 Å². The summed E-state index contributed by atoms with van der Waals surface area (Å²) in [5, 5.41) is 0. The van der Waals surface area contributed by atoms with Crippen LogP contribution in [0.4, 0.5) is 0 Å². The minimum absolute atomic E-state index is 0.112. The van der Waals surface area contributed by atoms with E-state index in [9.17, 15) is 9.59 Å². The van der Waals surface area contributed by atoms with E-state index in [0.717, 1.165) is 29.7 Å². The minimum Gasteiger partial charge on any atom is -0.496 e. The van der Waals surface area contributed by atoms with E-state index in [0.29, 0.717) is 38.5 Å². The monoisotopic (exact) mass is 372 g/mol. The van der Waals surface area contributed by atoms with Gasteiger partial charge in [0.2, 0.25) is 11.8 Å². The quantitative estimate of drug-likeness (QED) is 0.816. The molecule has 1 aromatic rings. The molecule has 1 aliphatic heterocycles. The van der Waals surface area contributed by atoms with Crippen LogP contribution in [0.5, 0.6) is 5.75 Å². The van der Waals surface area contributed by atoms with E-state index in [-0.39, 0.29) is 11.8 Å². The SMILES string of the molecule is COc1cc(C)c(C)cc1CC(=O)N1CCN(C(=O)C2CCCCC2)CC1. The van der Waals surface area contributed by atoms with Gasteiger partial charge >= 0.3 is 0 Å². The summed E-state index contributed by atoms with van der Waals surface area (Å²) in [7, 11) is 1.65. The molecular formula is C22H32N2O3. The van der Waals surface area contributed by atoms with Crippen LogP contribution in [-0.2, 0) is 16.0 Å². The topological polar surface area (TPSA) is 49.9 Å². The Kier molecular flexibility index (Phi) is 6.40. The number of amides is 2. The van der Waals surface area contributed by atoms with Crippen LogP contribution in [-0.4, -0.2) is 54.9 Å². The number of nitrogens with zero attached hydrogens (tertiary/aromatic N) is 2. The fourth-order valence-electron chi connectivity index (χ4n) is 4.24. The Balaban J connectivity index is 1.56. The van der Waals surface area contributed by atoms with Crippen molar-refractivity contribution in [3.8, 4) is 5.75 Å². The maximum absolute atomic E-state index is 12.8. The summed E-state index contributed by atoms with van der Waals surface area (Å²) in [6, 6.07) is 4.05. The van der Waals surface area contributed by atoms with Gasteiger partial charge in [0.05, 0.1) is 13.5 Å². The second kappa shape index (κ2) is 8.77. The maximum atomic E-state index is 12.8. The standard InChI is InChI=1S/C22H32N2O3/c1-16-13-19(20(27-3)14-17(16)2)15-21(25)23-9-11-24(12-10-23)22(26)18-7-5-4-6-8-18/h13-14,18H,4-12,15H2,1-3H3. The predicted octanol–water partition coefficient (Wildman–Crippen LogP) is 3.11. The molecule has 2 aliphatic rings. The Hall–Kier alpha value is -2.04. The summed E-state index contributed by atoms with van der Waals surface area (Å²) in [4.78, 5) is 29.3. The average Bonchev–Trinajstić information content (AvgIpc) is 2.70. The molecule has 1 heterocycles. The van der Waals surface area contributed by atoms with Crippen LogP contribution in [0.1, 0.15) is 48.8 Å². The Morgan fingerprint density at radius 3 is 2.19 bits per heavy atom.